The summed E-state index contributed by atoms with van der Waals surface area (Å²) < 4.78 is 27.9. The standard InChI is InChI=1S/C13H17Cl2NO4S/c1-8-6-10(7-11(12(8)14)21(15,18)19)13(17)16-9(2)4-5-20-3/h6-7,9H,4-5H2,1-3H3,(H,16,17). The van der Waals surface area contributed by atoms with E-state index in [4.69, 9.17) is 27.0 Å². The van der Waals surface area contributed by atoms with Crippen molar-refractivity contribution >= 4 is 37.2 Å². The second-order valence-corrected chi connectivity index (χ2v) is 7.61. The van der Waals surface area contributed by atoms with Crippen LogP contribution in [-0.2, 0) is 13.8 Å². The quantitative estimate of drug-likeness (QED) is 0.798. The number of carbonyl (C=O) groups is 1. The van der Waals surface area contributed by atoms with Crippen molar-refractivity contribution in [3.63, 3.8) is 0 Å². The van der Waals surface area contributed by atoms with Crippen LogP contribution in [0.1, 0.15) is 29.3 Å². The van der Waals surface area contributed by atoms with Gasteiger partial charge in [0.2, 0.25) is 0 Å². The first-order valence-corrected chi connectivity index (χ1v) is 8.90. The van der Waals surface area contributed by atoms with Gasteiger partial charge in [0.25, 0.3) is 15.0 Å². The fourth-order valence-corrected chi connectivity index (χ4v) is 3.26. The molecule has 1 aromatic rings. The van der Waals surface area contributed by atoms with E-state index in [1.165, 1.54) is 12.1 Å². The molecule has 118 valence electrons. The maximum Gasteiger partial charge on any atom is 0.262 e. The molecular formula is C13H17Cl2NO4S. The van der Waals surface area contributed by atoms with Gasteiger partial charge >= 0.3 is 0 Å². The van der Waals surface area contributed by atoms with Crippen LogP contribution in [0.25, 0.3) is 0 Å². The molecule has 1 N–H and O–H groups in total. The van der Waals surface area contributed by atoms with Crippen molar-refractivity contribution in [2.45, 2.75) is 31.2 Å². The number of nitrogens with one attached hydrogen (secondary N) is 1. The van der Waals surface area contributed by atoms with Gasteiger partial charge in [-0.25, -0.2) is 8.42 Å². The van der Waals surface area contributed by atoms with Gasteiger partial charge < -0.3 is 10.1 Å². The number of carbonyl (C=O) groups excluding carboxylic acids is 1. The Morgan fingerprint density at radius 1 is 1.43 bits per heavy atom. The van der Waals surface area contributed by atoms with Gasteiger partial charge in [0.15, 0.2) is 0 Å². The first-order chi connectivity index (χ1) is 9.66. The minimum Gasteiger partial charge on any atom is -0.385 e. The largest absolute Gasteiger partial charge is 0.385 e. The summed E-state index contributed by atoms with van der Waals surface area (Å²) in [6.45, 7) is 3.96. The molecular weight excluding hydrogens is 337 g/mol. The van der Waals surface area contributed by atoms with E-state index in [1.807, 2.05) is 6.92 Å². The summed E-state index contributed by atoms with van der Waals surface area (Å²) in [5, 5.41) is 2.78. The summed E-state index contributed by atoms with van der Waals surface area (Å²) >= 11 is 5.92. The van der Waals surface area contributed by atoms with Crippen LogP contribution >= 0.6 is 22.3 Å². The molecule has 0 aliphatic carbocycles. The highest BCUT2D eigenvalue weighted by Gasteiger charge is 2.20. The summed E-state index contributed by atoms with van der Waals surface area (Å²) in [6, 6.07) is 2.59. The second kappa shape index (κ2) is 7.45. The molecule has 0 spiro atoms. The molecule has 1 unspecified atom stereocenters. The first-order valence-electron chi connectivity index (χ1n) is 6.21. The number of hydrogen-bond donors (Lipinski definition) is 1. The van der Waals surface area contributed by atoms with E-state index in [9.17, 15) is 13.2 Å². The lowest BCUT2D eigenvalue weighted by molar-refractivity contribution is 0.0929. The number of amides is 1. The van der Waals surface area contributed by atoms with Crippen molar-refractivity contribution < 1.29 is 17.9 Å². The van der Waals surface area contributed by atoms with Crippen molar-refractivity contribution in [3.05, 3.63) is 28.3 Å². The third-order valence-corrected chi connectivity index (χ3v) is 4.84. The normalized spacial score (nSPS) is 13.0. The maximum absolute atomic E-state index is 12.1. The Balaban J connectivity index is 3.04. The highest BCUT2D eigenvalue weighted by atomic mass is 35.7. The zero-order valence-electron chi connectivity index (χ0n) is 11.9. The summed E-state index contributed by atoms with van der Waals surface area (Å²) in [6.07, 6.45) is 0.648. The van der Waals surface area contributed by atoms with Crippen LogP contribution in [0.5, 0.6) is 0 Å². The zero-order chi connectivity index (χ0) is 16.2. The average Bonchev–Trinajstić information content (AvgIpc) is 2.37. The molecule has 8 heteroatoms. The van der Waals surface area contributed by atoms with Gasteiger partial charge in [0, 0.05) is 36.0 Å². The molecule has 5 nitrogen and oxygen atoms in total. The van der Waals surface area contributed by atoms with Crippen LogP contribution in [0.2, 0.25) is 5.02 Å². The Morgan fingerprint density at radius 3 is 2.57 bits per heavy atom. The van der Waals surface area contributed by atoms with Crippen LogP contribution in [0, 0.1) is 6.92 Å². The average molecular weight is 354 g/mol. The van der Waals surface area contributed by atoms with Crippen molar-refractivity contribution in [1.82, 2.24) is 5.32 Å². The van der Waals surface area contributed by atoms with E-state index < -0.39 is 9.05 Å². The maximum atomic E-state index is 12.1. The lowest BCUT2D eigenvalue weighted by atomic mass is 10.1. The van der Waals surface area contributed by atoms with Crippen molar-refractivity contribution in [3.8, 4) is 0 Å². The van der Waals surface area contributed by atoms with Crippen LogP contribution in [0.3, 0.4) is 0 Å². The lowest BCUT2D eigenvalue weighted by Gasteiger charge is -2.14. The summed E-state index contributed by atoms with van der Waals surface area (Å²) in [5.74, 6) is -0.389. The number of hydrogen-bond acceptors (Lipinski definition) is 4. The molecule has 21 heavy (non-hydrogen) atoms. The van der Waals surface area contributed by atoms with E-state index in [0.29, 0.717) is 18.6 Å². The number of aryl methyl sites for hydroxylation is 1. The first kappa shape index (κ1) is 18.2. The SMILES string of the molecule is COCCC(C)NC(=O)c1cc(C)c(Cl)c(S(=O)(=O)Cl)c1. The molecule has 0 saturated carbocycles. The fraction of sp³-hybridized carbons (Fsp3) is 0.462. The highest BCUT2D eigenvalue weighted by molar-refractivity contribution is 8.13. The van der Waals surface area contributed by atoms with Gasteiger partial charge in [-0.1, -0.05) is 11.6 Å². The van der Waals surface area contributed by atoms with Gasteiger partial charge in [-0.05, 0) is 38.0 Å². The molecule has 0 radical (unpaired) electrons. The molecule has 0 aliphatic rings. The Labute approximate surface area is 134 Å². The molecule has 1 amide bonds. The van der Waals surface area contributed by atoms with Crippen molar-refractivity contribution in [1.29, 1.82) is 0 Å². The zero-order valence-corrected chi connectivity index (χ0v) is 14.3. The second-order valence-electron chi connectivity index (χ2n) is 4.70. The minimum atomic E-state index is -4.01. The number of rotatable bonds is 6. The smallest absolute Gasteiger partial charge is 0.262 e. The molecule has 0 heterocycles. The number of benzene rings is 1. The van der Waals surface area contributed by atoms with Crippen molar-refractivity contribution in [2.24, 2.45) is 0 Å². The summed E-state index contributed by atoms with van der Waals surface area (Å²) in [5.41, 5.74) is 0.661. The molecule has 0 aliphatic heterocycles. The predicted molar refractivity (Wildman–Crippen MR) is 82.6 cm³/mol. The molecule has 0 saturated heterocycles. The van der Waals surface area contributed by atoms with Crippen LogP contribution in [-0.4, -0.2) is 34.1 Å². The molecule has 0 aromatic heterocycles. The lowest BCUT2D eigenvalue weighted by Crippen LogP contribution is -2.33. The Kier molecular flexibility index (Phi) is 6.46. The summed E-state index contributed by atoms with van der Waals surface area (Å²) in [4.78, 5) is 11.9. The van der Waals surface area contributed by atoms with Gasteiger partial charge in [-0.3, -0.25) is 4.79 Å². The third-order valence-electron chi connectivity index (χ3n) is 2.88. The summed E-state index contributed by atoms with van der Waals surface area (Å²) in [7, 11) is 2.89. The number of methoxy groups -OCH3 is 1. The molecule has 0 bridgehead atoms. The van der Waals surface area contributed by atoms with Crippen molar-refractivity contribution in [2.75, 3.05) is 13.7 Å². The van der Waals surface area contributed by atoms with Crippen LogP contribution in [0.4, 0.5) is 0 Å². The minimum absolute atomic E-state index is 0.0222. The molecule has 1 aromatic carbocycles. The van der Waals surface area contributed by atoms with E-state index in [1.54, 1.807) is 14.0 Å². The Hall–Kier alpha value is -0.820. The number of ether oxygens (including phenoxy) is 1. The van der Waals surface area contributed by atoms with E-state index in [2.05, 4.69) is 5.32 Å². The number of halogens is 2. The fourth-order valence-electron chi connectivity index (χ4n) is 1.72. The molecule has 1 atom stereocenters. The van der Waals surface area contributed by atoms with Crippen LogP contribution in [0.15, 0.2) is 17.0 Å². The Bertz CT molecular complexity index is 631. The topological polar surface area (TPSA) is 72.5 Å². The van der Waals surface area contributed by atoms with E-state index in [0.717, 1.165) is 0 Å². The van der Waals surface area contributed by atoms with Gasteiger partial charge in [-0.2, -0.15) is 0 Å². The molecule has 1 rings (SSSR count). The monoisotopic (exact) mass is 353 g/mol. The van der Waals surface area contributed by atoms with E-state index >= 15 is 0 Å². The van der Waals surface area contributed by atoms with Gasteiger partial charge in [0.1, 0.15) is 4.90 Å². The van der Waals surface area contributed by atoms with E-state index in [-0.39, 0.29) is 27.4 Å². The van der Waals surface area contributed by atoms with Crippen LogP contribution < -0.4 is 5.32 Å². The Morgan fingerprint density at radius 2 is 2.05 bits per heavy atom. The van der Waals surface area contributed by atoms with Gasteiger partial charge in [-0.15, -0.1) is 0 Å². The highest BCUT2D eigenvalue weighted by Crippen LogP contribution is 2.29. The van der Waals surface area contributed by atoms with Gasteiger partial charge in [0.05, 0.1) is 5.02 Å². The third kappa shape index (κ3) is 5.14. The molecule has 0 fully saturated rings. The predicted octanol–water partition coefficient (Wildman–Crippen LogP) is 2.73.